The van der Waals surface area contributed by atoms with Gasteiger partial charge in [0.15, 0.2) is 0 Å². The molecule has 4 nitrogen and oxygen atoms in total. The molecule has 4 heteroatoms. The second kappa shape index (κ2) is 6.34. The van der Waals surface area contributed by atoms with E-state index in [1.165, 1.54) is 11.4 Å². The molecule has 0 atom stereocenters. The lowest BCUT2D eigenvalue weighted by Crippen LogP contribution is -2.34. The van der Waals surface area contributed by atoms with Crippen molar-refractivity contribution in [2.24, 2.45) is 5.92 Å². The van der Waals surface area contributed by atoms with Crippen molar-refractivity contribution in [3.05, 3.63) is 17.5 Å². The van der Waals surface area contributed by atoms with E-state index in [4.69, 9.17) is 5.11 Å². The molecule has 0 spiro atoms. The van der Waals surface area contributed by atoms with Crippen LogP contribution in [-0.2, 0) is 19.5 Å². The second-order valence-electron chi connectivity index (χ2n) is 5.20. The third-order valence-electron chi connectivity index (χ3n) is 3.93. The average Bonchev–Trinajstić information content (AvgIpc) is 2.82. The van der Waals surface area contributed by atoms with Crippen LogP contribution in [0.4, 0.5) is 0 Å². The Morgan fingerprint density at radius 2 is 2.06 bits per heavy atom. The number of aromatic nitrogens is 2. The molecule has 1 saturated heterocycles. The fourth-order valence-electron chi connectivity index (χ4n) is 2.65. The van der Waals surface area contributed by atoms with E-state index in [0.29, 0.717) is 12.5 Å². The van der Waals surface area contributed by atoms with Crippen LogP contribution in [0.25, 0.3) is 0 Å². The van der Waals surface area contributed by atoms with Crippen LogP contribution in [0, 0.1) is 5.92 Å². The van der Waals surface area contributed by atoms with Crippen molar-refractivity contribution < 1.29 is 5.11 Å². The number of hydrogen-bond acceptors (Lipinski definition) is 3. The topological polar surface area (TPSA) is 41.3 Å². The molecule has 2 heterocycles. The Morgan fingerprint density at radius 3 is 2.61 bits per heavy atom. The van der Waals surface area contributed by atoms with Crippen molar-refractivity contribution >= 4 is 0 Å². The Bertz CT molecular complexity index is 367. The summed E-state index contributed by atoms with van der Waals surface area (Å²) in [6, 6.07) is 2.24. The van der Waals surface area contributed by atoms with Crippen LogP contribution in [0.3, 0.4) is 0 Å². The fourth-order valence-corrected chi connectivity index (χ4v) is 2.65. The van der Waals surface area contributed by atoms with E-state index >= 15 is 0 Å². The minimum atomic E-state index is 0.348. The van der Waals surface area contributed by atoms with Crippen LogP contribution >= 0.6 is 0 Å². The molecule has 1 aliphatic rings. The van der Waals surface area contributed by atoms with E-state index in [0.717, 1.165) is 45.4 Å². The van der Waals surface area contributed by atoms with E-state index in [1.807, 2.05) is 0 Å². The van der Waals surface area contributed by atoms with Gasteiger partial charge in [-0.1, -0.05) is 6.92 Å². The van der Waals surface area contributed by atoms with E-state index in [1.54, 1.807) is 0 Å². The molecule has 1 N–H and O–H groups in total. The van der Waals surface area contributed by atoms with Crippen molar-refractivity contribution in [1.29, 1.82) is 0 Å². The van der Waals surface area contributed by atoms with Gasteiger partial charge in [-0.3, -0.25) is 9.58 Å². The molecule has 0 bridgehead atoms. The summed E-state index contributed by atoms with van der Waals surface area (Å²) in [5.74, 6) is 0.517. The summed E-state index contributed by atoms with van der Waals surface area (Å²) < 4.78 is 2.12. The molecule has 0 radical (unpaired) electrons. The molecule has 102 valence electrons. The molecule has 0 amide bonds. The third kappa shape index (κ3) is 3.12. The quantitative estimate of drug-likeness (QED) is 0.865. The van der Waals surface area contributed by atoms with E-state index < -0.39 is 0 Å². The van der Waals surface area contributed by atoms with E-state index in [9.17, 15) is 0 Å². The van der Waals surface area contributed by atoms with Crippen LogP contribution in [0.2, 0.25) is 0 Å². The van der Waals surface area contributed by atoms with Crippen LogP contribution in [0.1, 0.15) is 38.1 Å². The molecular formula is C14H25N3O. The predicted molar refractivity (Wildman–Crippen MR) is 72.4 cm³/mol. The van der Waals surface area contributed by atoms with Gasteiger partial charge in [-0.05, 0) is 51.3 Å². The average molecular weight is 251 g/mol. The smallest absolute Gasteiger partial charge is 0.0625 e. The number of aryl methyl sites for hydroxylation is 2. The zero-order chi connectivity index (χ0) is 13.0. The van der Waals surface area contributed by atoms with Crippen LogP contribution in [0.5, 0.6) is 0 Å². The highest BCUT2D eigenvalue weighted by atomic mass is 16.3. The third-order valence-corrected chi connectivity index (χ3v) is 3.93. The minimum absolute atomic E-state index is 0.348. The molecule has 0 aromatic carbocycles. The van der Waals surface area contributed by atoms with Gasteiger partial charge in [0.1, 0.15) is 0 Å². The van der Waals surface area contributed by atoms with Crippen molar-refractivity contribution in [1.82, 2.24) is 14.7 Å². The molecule has 1 aromatic rings. The first-order chi connectivity index (χ1) is 8.76. The normalized spacial score (nSPS) is 18.4. The molecule has 2 rings (SSSR count). The zero-order valence-corrected chi connectivity index (χ0v) is 11.6. The number of piperidine rings is 1. The molecule has 1 aliphatic heterocycles. The number of hydrogen-bond donors (Lipinski definition) is 1. The van der Waals surface area contributed by atoms with Gasteiger partial charge in [0.05, 0.1) is 11.4 Å². The molecule has 0 saturated carbocycles. The number of nitrogens with zero attached hydrogens (tertiary/aromatic N) is 3. The van der Waals surface area contributed by atoms with Crippen molar-refractivity contribution in [2.45, 2.75) is 46.2 Å². The second-order valence-corrected chi connectivity index (χ2v) is 5.20. The summed E-state index contributed by atoms with van der Waals surface area (Å²) >= 11 is 0. The van der Waals surface area contributed by atoms with E-state index in [-0.39, 0.29) is 0 Å². The zero-order valence-electron chi connectivity index (χ0n) is 11.6. The maximum absolute atomic E-state index is 9.15. The lowest BCUT2D eigenvalue weighted by molar-refractivity contribution is 0.125. The van der Waals surface area contributed by atoms with Gasteiger partial charge in [-0.15, -0.1) is 0 Å². The Balaban J connectivity index is 1.95. The first-order valence-electron chi connectivity index (χ1n) is 7.15. The van der Waals surface area contributed by atoms with Crippen molar-refractivity contribution in [3.8, 4) is 0 Å². The van der Waals surface area contributed by atoms with Crippen LogP contribution in [-0.4, -0.2) is 39.5 Å². The van der Waals surface area contributed by atoms with Gasteiger partial charge < -0.3 is 5.11 Å². The first kappa shape index (κ1) is 13.6. The molecule has 18 heavy (non-hydrogen) atoms. The fraction of sp³-hybridized carbons (Fsp3) is 0.786. The summed E-state index contributed by atoms with van der Waals surface area (Å²) in [6.45, 7) is 8.79. The summed E-state index contributed by atoms with van der Waals surface area (Å²) in [7, 11) is 0. The monoisotopic (exact) mass is 251 g/mol. The first-order valence-corrected chi connectivity index (χ1v) is 7.15. The molecule has 0 unspecified atom stereocenters. The Labute approximate surface area is 110 Å². The molecular weight excluding hydrogens is 226 g/mol. The Morgan fingerprint density at radius 1 is 1.33 bits per heavy atom. The molecule has 1 aromatic heterocycles. The number of rotatable bonds is 5. The number of likely N-dealkylation sites (tertiary alicyclic amines) is 1. The summed E-state index contributed by atoms with van der Waals surface area (Å²) in [5, 5.41) is 13.7. The van der Waals surface area contributed by atoms with Crippen molar-refractivity contribution in [3.63, 3.8) is 0 Å². The largest absolute Gasteiger partial charge is 0.396 e. The highest BCUT2D eigenvalue weighted by Crippen LogP contribution is 2.18. The minimum Gasteiger partial charge on any atom is -0.396 e. The van der Waals surface area contributed by atoms with Gasteiger partial charge in [0.2, 0.25) is 0 Å². The van der Waals surface area contributed by atoms with Gasteiger partial charge in [0, 0.05) is 19.7 Å². The Hall–Kier alpha value is -0.870. The lowest BCUT2D eigenvalue weighted by atomic mass is 9.98. The Kier molecular flexibility index (Phi) is 4.78. The standard InChI is InChI=1S/C14H25N3O/c1-3-13-9-14(17(4-2)15-13)10-16-7-5-12(11-18)6-8-16/h9,12,18H,3-8,10-11H2,1-2H3. The predicted octanol–water partition coefficient (Wildman–Crippen LogP) is 1.67. The van der Waals surface area contributed by atoms with E-state index in [2.05, 4.69) is 34.6 Å². The summed E-state index contributed by atoms with van der Waals surface area (Å²) in [4.78, 5) is 2.48. The van der Waals surface area contributed by atoms with Gasteiger partial charge in [0.25, 0.3) is 0 Å². The summed E-state index contributed by atoms with van der Waals surface area (Å²) in [6.07, 6.45) is 3.25. The van der Waals surface area contributed by atoms with Crippen molar-refractivity contribution in [2.75, 3.05) is 19.7 Å². The lowest BCUT2D eigenvalue weighted by Gasteiger charge is -2.30. The molecule has 1 fully saturated rings. The molecule has 0 aliphatic carbocycles. The highest BCUT2D eigenvalue weighted by Gasteiger charge is 2.19. The number of aliphatic hydroxyl groups excluding tert-OH is 1. The maximum Gasteiger partial charge on any atom is 0.0625 e. The number of aliphatic hydroxyl groups is 1. The van der Waals surface area contributed by atoms with Crippen LogP contribution in [0.15, 0.2) is 6.07 Å². The van der Waals surface area contributed by atoms with Gasteiger partial charge in [-0.25, -0.2) is 0 Å². The van der Waals surface area contributed by atoms with Gasteiger partial charge in [-0.2, -0.15) is 5.10 Å². The van der Waals surface area contributed by atoms with Gasteiger partial charge >= 0.3 is 0 Å². The maximum atomic E-state index is 9.15. The van der Waals surface area contributed by atoms with Crippen LogP contribution < -0.4 is 0 Å². The highest BCUT2D eigenvalue weighted by molar-refractivity contribution is 5.10. The summed E-state index contributed by atoms with van der Waals surface area (Å²) in [5.41, 5.74) is 2.52. The SMILES string of the molecule is CCc1cc(CN2CCC(CO)CC2)n(CC)n1.